The third-order valence-corrected chi connectivity index (χ3v) is 2.35. The Morgan fingerprint density at radius 2 is 2.43 bits per heavy atom. The van der Waals surface area contributed by atoms with E-state index in [1.165, 1.54) is 10.9 Å². The van der Waals surface area contributed by atoms with Crippen LogP contribution >= 0.6 is 0 Å². The molecule has 0 spiro atoms. The van der Waals surface area contributed by atoms with Crippen molar-refractivity contribution in [2.45, 2.75) is 31.9 Å². The van der Waals surface area contributed by atoms with E-state index in [-0.39, 0.29) is 13.0 Å². The van der Waals surface area contributed by atoms with Crippen LogP contribution in [0.5, 0.6) is 0 Å². The van der Waals surface area contributed by atoms with Crippen molar-refractivity contribution >= 4 is 0 Å². The molecule has 0 amide bonds. The van der Waals surface area contributed by atoms with Gasteiger partial charge in [0.15, 0.2) is 0 Å². The highest BCUT2D eigenvalue weighted by molar-refractivity contribution is 4.98. The number of aromatic nitrogens is 3. The lowest BCUT2D eigenvalue weighted by Crippen LogP contribution is -2.05. The quantitative estimate of drug-likeness (QED) is 0.796. The lowest BCUT2D eigenvalue weighted by atomic mass is 10.3. The summed E-state index contributed by atoms with van der Waals surface area (Å²) in [6.07, 6.45) is 0.721. The summed E-state index contributed by atoms with van der Waals surface area (Å²) in [7, 11) is 0. The van der Waals surface area contributed by atoms with E-state index in [0.717, 1.165) is 0 Å². The summed E-state index contributed by atoms with van der Waals surface area (Å²) in [4.78, 5) is 0. The third kappa shape index (κ3) is 1.75. The van der Waals surface area contributed by atoms with Crippen molar-refractivity contribution in [2.24, 2.45) is 5.92 Å². The van der Waals surface area contributed by atoms with Crippen molar-refractivity contribution < 1.29 is 13.9 Å². The van der Waals surface area contributed by atoms with Gasteiger partial charge in [-0.25, -0.2) is 8.78 Å². The molecule has 14 heavy (non-hydrogen) atoms. The van der Waals surface area contributed by atoms with Crippen molar-refractivity contribution in [3.8, 4) is 0 Å². The molecule has 0 saturated heterocycles. The second-order valence-electron chi connectivity index (χ2n) is 3.70. The van der Waals surface area contributed by atoms with Crippen molar-refractivity contribution in [1.82, 2.24) is 15.0 Å². The Kier molecular flexibility index (Phi) is 2.02. The first-order valence-electron chi connectivity index (χ1n) is 4.45. The fourth-order valence-electron chi connectivity index (χ4n) is 1.29. The lowest BCUT2D eigenvalue weighted by Gasteiger charge is -1.98. The monoisotopic (exact) mass is 203 g/mol. The summed E-state index contributed by atoms with van der Waals surface area (Å²) < 4.78 is 26.4. The summed E-state index contributed by atoms with van der Waals surface area (Å²) in [6.45, 7) is 1.73. The van der Waals surface area contributed by atoms with Crippen LogP contribution in [0.15, 0.2) is 6.20 Å². The molecule has 78 valence electrons. The lowest BCUT2D eigenvalue weighted by molar-refractivity contribution is 0.0941. The fourth-order valence-corrected chi connectivity index (χ4v) is 1.29. The van der Waals surface area contributed by atoms with E-state index >= 15 is 0 Å². The Morgan fingerprint density at radius 3 is 2.86 bits per heavy atom. The maximum absolute atomic E-state index is 12.5. The van der Waals surface area contributed by atoms with Gasteiger partial charge >= 0.3 is 0 Å². The first-order valence-corrected chi connectivity index (χ1v) is 4.45. The van der Waals surface area contributed by atoms with E-state index in [9.17, 15) is 8.78 Å². The summed E-state index contributed by atoms with van der Waals surface area (Å²) in [5, 5.41) is 16.4. The first-order chi connectivity index (χ1) is 6.49. The van der Waals surface area contributed by atoms with Crippen molar-refractivity contribution in [3.05, 3.63) is 11.9 Å². The minimum atomic E-state index is -2.53. The number of hydrogen-bond donors (Lipinski definition) is 1. The van der Waals surface area contributed by atoms with Gasteiger partial charge in [0.05, 0.1) is 18.8 Å². The molecular formula is C8H11F2N3O. The first kappa shape index (κ1) is 9.51. The van der Waals surface area contributed by atoms with Crippen molar-refractivity contribution in [3.63, 3.8) is 0 Å². The van der Waals surface area contributed by atoms with Crippen LogP contribution in [0.3, 0.4) is 0 Å². The Labute approximate surface area is 79.5 Å². The van der Waals surface area contributed by atoms with Crippen LogP contribution in [-0.2, 0) is 6.54 Å². The van der Waals surface area contributed by atoms with Gasteiger partial charge in [0.2, 0.25) is 0 Å². The van der Waals surface area contributed by atoms with Gasteiger partial charge in [0, 0.05) is 12.3 Å². The molecule has 4 nitrogen and oxygen atoms in total. The van der Waals surface area contributed by atoms with E-state index in [0.29, 0.717) is 5.69 Å². The van der Waals surface area contributed by atoms with Crippen LogP contribution in [0.2, 0.25) is 0 Å². The van der Waals surface area contributed by atoms with Gasteiger partial charge in [-0.3, -0.25) is 4.68 Å². The van der Waals surface area contributed by atoms with Gasteiger partial charge < -0.3 is 5.11 Å². The molecule has 1 N–H and O–H groups in total. The molecule has 6 heteroatoms. The normalized spacial score (nSPS) is 26.1. The van der Waals surface area contributed by atoms with Crippen LogP contribution in [0.1, 0.15) is 25.1 Å². The van der Waals surface area contributed by atoms with Gasteiger partial charge in [-0.15, -0.1) is 5.10 Å². The molecule has 2 unspecified atom stereocenters. The Hall–Kier alpha value is -1.04. The topological polar surface area (TPSA) is 50.9 Å². The summed E-state index contributed by atoms with van der Waals surface area (Å²) in [5.74, 6) is -3.15. The molecular weight excluding hydrogens is 192 g/mol. The average Bonchev–Trinajstić information content (AvgIpc) is 2.51. The number of aliphatic hydroxyl groups excluding tert-OH is 1. The second kappa shape index (κ2) is 2.98. The highest BCUT2D eigenvalue weighted by Crippen LogP contribution is 2.49. The predicted molar refractivity (Wildman–Crippen MR) is 43.7 cm³/mol. The van der Waals surface area contributed by atoms with Gasteiger partial charge in [-0.2, -0.15) is 0 Å². The number of rotatable bonds is 3. The van der Waals surface area contributed by atoms with Crippen LogP contribution in [-0.4, -0.2) is 26.0 Å². The van der Waals surface area contributed by atoms with Gasteiger partial charge in [0.1, 0.15) is 5.69 Å². The molecule has 0 aromatic carbocycles. The maximum Gasteiger partial charge on any atom is 0.253 e. The molecule has 1 aliphatic rings. The highest BCUT2D eigenvalue weighted by Gasteiger charge is 2.56. The van der Waals surface area contributed by atoms with Crippen LogP contribution < -0.4 is 0 Å². The molecule has 1 aromatic heterocycles. The van der Waals surface area contributed by atoms with E-state index in [1.807, 2.05) is 0 Å². The van der Waals surface area contributed by atoms with Gasteiger partial charge in [-0.05, 0) is 6.92 Å². The number of aliphatic hydroxyl groups is 1. The largest absolute Gasteiger partial charge is 0.387 e. The summed E-state index contributed by atoms with van der Waals surface area (Å²) in [6, 6.07) is 0. The van der Waals surface area contributed by atoms with E-state index in [1.54, 1.807) is 6.92 Å². The number of halogens is 2. The highest BCUT2D eigenvalue weighted by atomic mass is 19.3. The Bertz CT molecular complexity index is 337. The molecule has 0 radical (unpaired) electrons. The smallest absolute Gasteiger partial charge is 0.253 e. The number of nitrogens with zero attached hydrogens (tertiary/aromatic N) is 3. The maximum atomic E-state index is 12.5. The predicted octanol–water partition coefficient (Wildman–Crippen LogP) is 0.987. The molecule has 2 rings (SSSR count). The minimum absolute atomic E-state index is 0.0725. The number of hydrogen-bond acceptors (Lipinski definition) is 3. The molecule has 1 heterocycles. The van der Waals surface area contributed by atoms with Crippen LogP contribution in [0.25, 0.3) is 0 Å². The van der Waals surface area contributed by atoms with Crippen LogP contribution in [0.4, 0.5) is 8.78 Å². The molecule has 0 aliphatic heterocycles. The molecule has 0 bridgehead atoms. The van der Waals surface area contributed by atoms with E-state index < -0.39 is 17.9 Å². The standard InChI is InChI=1S/C8H11F2N3O/c1-5(14)7-4-13(12-11-7)3-6-2-8(6,9)10/h4-6,14H,2-3H2,1H3. The summed E-state index contributed by atoms with van der Waals surface area (Å²) in [5.41, 5.74) is 0.411. The zero-order valence-electron chi connectivity index (χ0n) is 7.69. The minimum Gasteiger partial charge on any atom is -0.387 e. The molecule has 1 saturated carbocycles. The second-order valence-corrected chi connectivity index (χ2v) is 3.70. The number of alkyl halides is 2. The zero-order valence-corrected chi connectivity index (χ0v) is 7.69. The van der Waals surface area contributed by atoms with Crippen molar-refractivity contribution in [2.75, 3.05) is 0 Å². The van der Waals surface area contributed by atoms with Crippen LogP contribution in [0, 0.1) is 5.92 Å². The van der Waals surface area contributed by atoms with Gasteiger partial charge in [0.25, 0.3) is 5.92 Å². The Balaban J connectivity index is 1.98. The third-order valence-electron chi connectivity index (χ3n) is 2.35. The SMILES string of the molecule is CC(O)c1cn(CC2CC2(F)F)nn1. The molecule has 1 fully saturated rings. The zero-order chi connectivity index (χ0) is 10.3. The molecule has 1 aliphatic carbocycles. The molecule has 1 aromatic rings. The average molecular weight is 203 g/mol. The van der Waals surface area contributed by atoms with Gasteiger partial charge in [-0.1, -0.05) is 5.21 Å². The fraction of sp³-hybridized carbons (Fsp3) is 0.750. The van der Waals surface area contributed by atoms with E-state index in [4.69, 9.17) is 5.11 Å². The van der Waals surface area contributed by atoms with E-state index in [2.05, 4.69) is 10.3 Å². The van der Waals surface area contributed by atoms with Crippen molar-refractivity contribution in [1.29, 1.82) is 0 Å². The summed E-state index contributed by atoms with van der Waals surface area (Å²) >= 11 is 0. The Morgan fingerprint density at radius 1 is 1.79 bits per heavy atom. The molecule has 2 atom stereocenters.